The van der Waals surface area contributed by atoms with E-state index in [-0.39, 0.29) is 0 Å². The maximum atomic E-state index is 4.00. The average Bonchev–Trinajstić information content (AvgIpc) is 1.87. The van der Waals surface area contributed by atoms with Gasteiger partial charge in [-0.1, -0.05) is 4.99 Å². The van der Waals surface area contributed by atoms with E-state index in [2.05, 4.69) is 9.98 Å². The normalized spacial score (nSPS) is 18.0. The first-order valence-electron chi connectivity index (χ1n) is 2.22. The standard InChI is InChI=1S/C5H7N2/c1-4-3-6-5(2)7-4/h3H,1-2H3/q+1. The summed E-state index contributed by atoms with van der Waals surface area (Å²) < 4.78 is 0. The SMILES string of the molecule is CC1=N[C+](C)C=N1. The minimum absolute atomic E-state index is 0.859. The van der Waals surface area contributed by atoms with Crippen molar-refractivity contribution in [3.8, 4) is 0 Å². The lowest BCUT2D eigenvalue weighted by Crippen LogP contribution is -1.78. The number of rotatable bonds is 0. The van der Waals surface area contributed by atoms with Gasteiger partial charge in [0.2, 0.25) is 0 Å². The third-order valence-electron chi connectivity index (χ3n) is 0.776. The van der Waals surface area contributed by atoms with Gasteiger partial charge in [-0.2, -0.15) is 0 Å². The van der Waals surface area contributed by atoms with Crippen molar-refractivity contribution in [2.45, 2.75) is 13.8 Å². The van der Waals surface area contributed by atoms with Gasteiger partial charge in [0.05, 0.1) is 6.92 Å². The van der Waals surface area contributed by atoms with Gasteiger partial charge in [0.1, 0.15) is 0 Å². The van der Waals surface area contributed by atoms with Gasteiger partial charge < -0.3 is 0 Å². The van der Waals surface area contributed by atoms with Crippen LogP contribution in [-0.4, -0.2) is 12.1 Å². The largest absolute Gasteiger partial charge is 0.267 e. The van der Waals surface area contributed by atoms with E-state index in [9.17, 15) is 0 Å². The van der Waals surface area contributed by atoms with Crippen LogP contribution >= 0.6 is 0 Å². The molecule has 0 saturated heterocycles. The highest BCUT2D eigenvalue weighted by molar-refractivity contribution is 5.98. The Labute approximate surface area is 43.0 Å². The molecule has 1 aliphatic heterocycles. The first-order valence-corrected chi connectivity index (χ1v) is 2.22. The van der Waals surface area contributed by atoms with Crippen molar-refractivity contribution in [1.82, 2.24) is 0 Å². The van der Waals surface area contributed by atoms with Crippen LogP contribution in [0.15, 0.2) is 9.98 Å². The zero-order valence-corrected chi connectivity index (χ0v) is 4.47. The van der Waals surface area contributed by atoms with E-state index in [4.69, 9.17) is 0 Å². The van der Waals surface area contributed by atoms with Crippen LogP contribution in [0.25, 0.3) is 0 Å². The summed E-state index contributed by atoms with van der Waals surface area (Å²) in [5.74, 6) is 0.859. The van der Waals surface area contributed by atoms with Crippen molar-refractivity contribution in [3.63, 3.8) is 0 Å². The number of hydrogen-bond acceptors (Lipinski definition) is 2. The molecule has 1 rings (SSSR count). The average molecular weight is 95.1 g/mol. The molecule has 0 unspecified atom stereocenters. The Morgan fingerprint density at radius 3 is 2.57 bits per heavy atom. The fraction of sp³-hybridized carbons (Fsp3) is 0.400. The van der Waals surface area contributed by atoms with E-state index in [0.717, 1.165) is 11.9 Å². The van der Waals surface area contributed by atoms with Crippen molar-refractivity contribution < 1.29 is 0 Å². The maximum absolute atomic E-state index is 4.00. The van der Waals surface area contributed by atoms with E-state index in [0.29, 0.717) is 0 Å². The fourth-order valence-electron chi connectivity index (χ4n) is 0.500. The van der Waals surface area contributed by atoms with Gasteiger partial charge in [-0.25, -0.2) is 0 Å². The van der Waals surface area contributed by atoms with Crippen LogP contribution in [0.5, 0.6) is 0 Å². The molecule has 0 amide bonds. The Bertz CT molecular complexity index is 124. The zero-order chi connectivity index (χ0) is 5.28. The predicted octanol–water partition coefficient (Wildman–Crippen LogP) is 1.04. The van der Waals surface area contributed by atoms with Gasteiger partial charge in [0.25, 0.3) is 5.84 Å². The number of hydrogen-bond donors (Lipinski definition) is 0. The van der Waals surface area contributed by atoms with Gasteiger partial charge in [0, 0.05) is 6.92 Å². The summed E-state index contributed by atoms with van der Waals surface area (Å²) in [5, 5.41) is 0. The van der Waals surface area contributed by atoms with E-state index in [1.807, 2.05) is 13.8 Å². The summed E-state index contributed by atoms with van der Waals surface area (Å²) in [5.41, 5.74) is 0. The van der Waals surface area contributed by atoms with Gasteiger partial charge in [-0.15, -0.1) is 4.99 Å². The molecule has 0 radical (unpaired) electrons. The Hall–Kier alpha value is -0.790. The number of aliphatic imine (C=N–C) groups is 2. The van der Waals surface area contributed by atoms with Crippen LogP contribution in [-0.2, 0) is 0 Å². The molecule has 0 aliphatic carbocycles. The molecule has 36 valence electrons. The summed E-state index contributed by atoms with van der Waals surface area (Å²) in [6, 6.07) is 0.998. The smallest absolute Gasteiger partial charge is 0.121 e. The van der Waals surface area contributed by atoms with Crippen LogP contribution < -0.4 is 0 Å². The molecule has 0 fully saturated rings. The van der Waals surface area contributed by atoms with Crippen molar-refractivity contribution >= 4 is 12.1 Å². The molecule has 0 aromatic rings. The summed E-state index contributed by atoms with van der Waals surface area (Å²) in [7, 11) is 0. The lowest BCUT2D eigenvalue weighted by Gasteiger charge is -1.69. The minimum Gasteiger partial charge on any atom is -0.121 e. The molecule has 1 heterocycles. The van der Waals surface area contributed by atoms with Crippen LogP contribution in [0, 0.1) is 6.04 Å². The van der Waals surface area contributed by atoms with Gasteiger partial charge in [-0.05, 0) is 0 Å². The van der Waals surface area contributed by atoms with Gasteiger partial charge >= 0.3 is 0 Å². The topological polar surface area (TPSA) is 24.7 Å². The third-order valence-corrected chi connectivity index (χ3v) is 0.776. The van der Waals surface area contributed by atoms with E-state index >= 15 is 0 Å². The summed E-state index contributed by atoms with van der Waals surface area (Å²) in [6.07, 6.45) is 1.76. The Balaban J connectivity index is 2.69. The molecule has 0 spiro atoms. The van der Waals surface area contributed by atoms with Gasteiger partial charge in [0.15, 0.2) is 12.3 Å². The maximum Gasteiger partial charge on any atom is 0.267 e. The molecule has 0 atom stereocenters. The molecule has 0 saturated carbocycles. The monoisotopic (exact) mass is 95.1 g/mol. The molecular formula is C5H7N2+. The number of amidine groups is 1. The molecule has 1 aliphatic rings. The number of nitrogens with zero attached hydrogens (tertiary/aromatic N) is 2. The van der Waals surface area contributed by atoms with Crippen molar-refractivity contribution in [2.75, 3.05) is 0 Å². The summed E-state index contributed by atoms with van der Waals surface area (Å²) in [6.45, 7) is 3.81. The van der Waals surface area contributed by atoms with Crippen molar-refractivity contribution in [3.05, 3.63) is 6.04 Å². The molecular weight excluding hydrogens is 88.1 g/mol. The molecule has 0 bridgehead atoms. The fourth-order valence-corrected chi connectivity index (χ4v) is 0.500. The predicted molar refractivity (Wildman–Crippen MR) is 30.5 cm³/mol. The Kier molecular flexibility index (Phi) is 0.855. The van der Waals surface area contributed by atoms with Crippen molar-refractivity contribution in [2.24, 2.45) is 9.98 Å². The van der Waals surface area contributed by atoms with Crippen molar-refractivity contribution in [1.29, 1.82) is 0 Å². The molecule has 0 N–H and O–H groups in total. The van der Waals surface area contributed by atoms with Crippen LogP contribution in [0.1, 0.15) is 13.8 Å². The second-order valence-corrected chi connectivity index (χ2v) is 1.56. The summed E-state index contributed by atoms with van der Waals surface area (Å²) >= 11 is 0. The highest BCUT2D eigenvalue weighted by Gasteiger charge is 2.12. The molecule has 2 nitrogen and oxygen atoms in total. The highest BCUT2D eigenvalue weighted by Crippen LogP contribution is 2.03. The van der Waals surface area contributed by atoms with E-state index in [1.165, 1.54) is 0 Å². The minimum atomic E-state index is 0.859. The first kappa shape index (κ1) is 4.37. The van der Waals surface area contributed by atoms with Gasteiger partial charge in [-0.3, -0.25) is 0 Å². The highest BCUT2D eigenvalue weighted by atomic mass is 15.0. The van der Waals surface area contributed by atoms with E-state index < -0.39 is 0 Å². The Morgan fingerprint density at radius 1 is 1.71 bits per heavy atom. The van der Waals surface area contributed by atoms with Crippen LogP contribution in [0.2, 0.25) is 0 Å². The second-order valence-electron chi connectivity index (χ2n) is 1.56. The summed E-state index contributed by atoms with van der Waals surface area (Å²) in [4.78, 5) is 7.91. The van der Waals surface area contributed by atoms with E-state index in [1.54, 1.807) is 6.21 Å². The molecule has 2 heteroatoms. The second kappa shape index (κ2) is 1.37. The third kappa shape index (κ3) is 0.796. The first-order chi connectivity index (χ1) is 3.29. The van der Waals surface area contributed by atoms with Crippen LogP contribution in [0.4, 0.5) is 0 Å². The zero-order valence-electron chi connectivity index (χ0n) is 4.47. The quantitative estimate of drug-likeness (QED) is 0.402. The molecule has 0 aromatic heterocycles. The lowest BCUT2D eigenvalue weighted by molar-refractivity contribution is 1.23. The molecule has 7 heavy (non-hydrogen) atoms. The Morgan fingerprint density at radius 2 is 2.43 bits per heavy atom. The molecule has 0 aromatic carbocycles. The lowest BCUT2D eigenvalue weighted by atomic mass is 10.4. The van der Waals surface area contributed by atoms with Crippen LogP contribution in [0.3, 0.4) is 0 Å².